The molecule has 1 aromatic rings. The van der Waals surface area contributed by atoms with Gasteiger partial charge in [0.25, 0.3) is 0 Å². The molecule has 3 N–H and O–H groups in total. The van der Waals surface area contributed by atoms with Gasteiger partial charge in [-0.05, 0) is 49.4 Å². The molecule has 5 nitrogen and oxygen atoms in total. The van der Waals surface area contributed by atoms with Crippen LogP contribution < -0.4 is 10.5 Å². The molecule has 1 aliphatic heterocycles. The van der Waals surface area contributed by atoms with Crippen LogP contribution in [0.1, 0.15) is 37.8 Å². The highest BCUT2D eigenvalue weighted by Crippen LogP contribution is 2.21. The summed E-state index contributed by atoms with van der Waals surface area (Å²) in [6.07, 6.45) is 3.07. The third-order valence-corrected chi connectivity index (χ3v) is 4.90. The molecule has 1 saturated heterocycles. The number of ether oxygens (including phenoxy) is 1. The molecule has 1 unspecified atom stereocenters. The van der Waals surface area contributed by atoms with Gasteiger partial charge in [-0.15, -0.1) is 0 Å². The Morgan fingerprint density at radius 2 is 2.10 bits per heavy atom. The second-order valence-electron chi connectivity index (χ2n) is 5.54. The third kappa shape index (κ3) is 4.78. The molecule has 0 saturated carbocycles. The van der Waals surface area contributed by atoms with E-state index in [9.17, 15) is 8.42 Å². The Morgan fingerprint density at radius 3 is 2.71 bits per heavy atom. The fraction of sp³-hybridized carbons (Fsp3) is 0.600. The normalized spacial score (nSPS) is 18.6. The summed E-state index contributed by atoms with van der Waals surface area (Å²) in [5.41, 5.74) is 0.969. The highest BCUT2D eigenvalue weighted by Gasteiger charge is 2.17. The van der Waals surface area contributed by atoms with Crippen molar-refractivity contribution in [1.82, 2.24) is 5.32 Å². The Bertz CT molecular complexity index is 554. The van der Waals surface area contributed by atoms with Crippen LogP contribution in [0.4, 0.5) is 0 Å². The van der Waals surface area contributed by atoms with Crippen LogP contribution in [0.3, 0.4) is 0 Å². The van der Waals surface area contributed by atoms with Crippen molar-refractivity contribution in [3.05, 3.63) is 29.8 Å². The van der Waals surface area contributed by atoms with Crippen molar-refractivity contribution in [3.63, 3.8) is 0 Å². The molecule has 21 heavy (non-hydrogen) atoms. The van der Waals surface area contributed by atoms with Gasteiger partial charge in [-0.25, -0.2) is 13.6 Å². The van der Waals surface area contributed by atoms with Gasteiger partial charge in [-0.1, -0.05) is 19.1 Å². The molecular weight excluding hydrogens is 288 g/mol. The number of nitrogens with one attached hydrogen (secondary N) is 1. The predicted octanol–water partition coefficient (Wildman–Crippen LogP) is 1.80. The zero-order valence-corrected chi connectivity index (χ0v) is 13.2. The van der Waals surface area contributed by atoms with Crippen LogP contribution in [0.25, 0.3) is 0 Å². The molecule has 0 spiro atoms. The van der Waals surface area contributed by atoms with Crippen molar-refractivity contribution in [2.24, 2.45) is 11.1 Å². The van der Waals surface area contributed by atoms with Gasteiger partial charge in [0.05, 0.1) is 4.90 Å². The van der Waals surface area contributed by atoms with E-state index in [2.05, 4.69) is 12.2 Å². The minimum absolute atomic E-state index is 0.148. The van der Waals surface area contributed by atoms with Gasteiger partial charge in [0.2, 0.25) is 10.0 Å². The molecule has 1 heterocycles. The van der Waals surface area contributed by atoms with E-state index in [1.807, 2.05) is 6.07 Å². The van der Waals surface area contributed by atoms with E-state index in [1.165, 1.54) is 6.07 Å². The lowest BCUT2D eigenvalue weighted by Gasteiger charge is -2.25. The maximum atomic E-state index is 11.4. The van der Waals surface area contributed by atoms with Crippen molar-refractivity contribution >= 4 is 10.0 Å². The van der Waals surface area contributed by atoms with E-state index in [0.29, 0.717) is 5.92 Å². The lowest BCUT2D eigenvalue weighted by molar-refractivity contribution is 0.0654. The minimum atomic E-state index is -3.65. The molecule has 1 aromatic carbocycles. The number of primary sulfonamides is 1. The zero-order valence-electron chi connectivity index (χ0n) is 12.4. The molecule has 1 fully saturated rings. The topological polar surface area (TPSA) is 81.4 Å². The molecule has 118 valence electrons. The van der Waals surface area contributed by atoms with Crippen LogP contribution in [0.5, 0.6) is 0 Å². The maximum Gasteiger partial charge on any atom is 0.238 e. The molecule has 0 aromatic heterocycles. The van der Waals surface area contributed by atoms with Gasteiger partial charge in [0.15, 0.2) is 0 Å². The Morgan fingerprint density at radius 1 is 1.38 bits per heavy atom. The van der Waals surface area contributed by atoms with E-state index in [1.54, 1.807) is 12.1 Å². The maximum absolute atomic E-state index is 11.4. The molecular formula is C15H24N2O3S. The van der Waals surface area contributed by atoms with E-state index in [-0.39, 0.29) is 10.9 Å². The standard InChI is InChI=1S/C15H24N2O3S/c1-2-15(17-11-12-6-8-20-9-7-12)13-4-3-5-14(10-13)21(16,18)19/h3-5,10,12,15,17H,2,6-9,11H2,1H3,(H2,16,18,19). The Labute approximate surface area is 126 Å². The summed E-state index contributed by atoms with van der Waals surface area (Å²) in [7, 11) is -3.65. The van der Waals surface area contributed by atoms with E-state index < -0.39 is 10.0 Å². The largest absolute Gasteiger partial charge is 0.381 e. The average molecular weight is 312 g/mol. The monoisotopic (exact) mass is 312 g/mol. The lowest BCUT2D eigenvalue weighted by Crippen LogP contribution is -2.30. The Hall–Kier alpha value is -0.950. The van der Waals surface area contributed by atoms with Crippen molar-refractivity contribution in [2.75, 3.05) is 19.8 Å². The van der Waals surface area contributed by atoms with Crippen LogP contribution in [0.15, 0.2) is 29.2 Å². The highest BCUT2D eigenvalue weighted by molar-refractivity contribution is 7.89. The number of nitrogens with two attached hydrogens (primary N) is 1. The molecule has 0 amide bonds. The molecule has 1 aliphatic rings. The Kier molecular flexibility index (Phi) is 5.75. The first-order chi connectivity index (χ1) is 10.0. The number of hydrogen-bond acceptors (Lipinski definition) is 4. The summed E-state index contributed by atoms with van der Waals surface area (Å²) in [4.78, 5) is 0.173. The Balaban J connectivity index is 2.03. The first-order valence-corrected chi connectivity index (χ1v) is 8.99. The molecule has 0 bridgehead atoms. The lowest BCUT2D eigenvalue weighted by atomic mass is 9.98. The number of hydrogen-bond donors (Lipinski definition) is 2. The summed E-state index contributed by atoms with van der Waals surface area (Å²) >= 11 is 0. The van der Waals surface area contributed by atoms with Crippen LogP contribution in [0, 0.1) is 5.92 Å². The second-order valence-corrected chi connectivity index (χ2v) is 7.10. The van der Waals surface area contributed by atoms with Crippen LogP contribution >= 0.6 is 0 Å². The van der Waals surface area contributed by atoms with Gasteiger partial charge in [-0.3, -0.25) is 0 Å². The van der Waals surface area contributed by atoms with E-state index in [4.69, 9.17) is 9.88 Å². The van der Waals surface area contributed by atoms with Crippen molar-refractivity contribution in [1.29, 1.82) is 0 Å². The summed E-state index contributed by atoms with van der Waals surface area (Å²) in [6, 6.07) is 7.03. The number of rotatable bonds is 6. The summed E-state index contributed by atoms with van der Waals surface area (Å²) in [5, 5.41) is 8.74. The smallest absolute Gasteiger partial charge is 0.238 e. The SMILES string of the molecule is CCC(NCC1CCOCC1)c1cccc(S(N)(=O)=O)c1. The second kappa shape index (κ2) is 7.35. The minimum Gasteiger partial charge on any atom is -0.381 e. The van der Waals surface area contributed by atoms with E-state index >= 15 is 0 Å². The van der Waals surface area contributed by atoms with E-state index in [0.717, 1.165) is 44.6 Å². The summed E-state index contributed by atoms with van der Waals surface area (Å²) in [5.74, 6) is 0.634. The quantitative estimate of drug-likeness (QED) is 0.839. The van der Waals surface area contributed by atoms with Crippen molar-refractivity contribution in [2.45, 2.75) is 37.1 Å². The van der Waals surface area contributed by atoms with Gasteiger partial charge < -0.3 is 10.1 Å². The fourth-order valence-corrected chi connectivity index (χ4v) is 3.23. The van der Waals surface area contributed by atoms with Crippen LogP contribution in [-0.2, 0) is 14.8 Å². The molecule has 0 radical (unpaired) electrons. The number of sulfonamides is 1. The molecule has 2 rings (SSSR count). The van der Waals surface area contributed by atoms with Gasteiger partial charge in [0, 0.05) is 19.3 Å². The molecule has 1 atom stereocenters. The van der Waals surface area contributed by atoms with Crippen molar-refractivity contribution in [3.8, 4) is 0 Å². The van der Waals surface area contributed by atoms with Gasteiger partial charge >= 0.3 is 0 Å². The first-order valence-electron chi connectivity index (χ1n) is 7.44. The van der Waals surface area contributed by atoms with Gasteiger partial charge in [-0.2, -0.15) is 0 Å². The summed E-state index contributed by atoms with van der Waals surface area (Å²) < 4.78 is 28.3. The van der Waals surface area contributed by atoms with Crippen LogP contribution in [-0.4, -0.2) is 28.2 Å². The zero-order chi connectivity index (χ0) is 15.3. The van der Waals surface area contributed by atoms with Gasteiger partial charge in [0.1, 0.15) is 0 Å². The predicted molar refractivity (Wildman–Crippen MR) is 82.4 cm³/mol. The fourth-order valence-electron chi connectivity index (χ4n) is 2.67. The molecule has 0 aliphatic carbocycles. The summed E-state index contributed by atoms with van der Waals surface area (Å²) in [6.45, 7) is 4.70. The average Bonchev–Trinajstić information content (AvgIpc) is 2.48. The first kappa shape index (κ1) is 16.4. The van der Waals surface area contributed by atoms with Crippen molar-refractivity contribution < 1.29 is 13.2 Å². The highest BCUT2D eigenvalue weighted by atomic mass is 32.2. The van der Waals surface area contributed by atoms with Crippen LogP contribution in [0.2, 0.25) is 0 Å². The number of benzene rings is 1. The molecule has 6 heteroatoms. The third-order valence-electron chi connectivity index (χ3n) is 3.99.